The van der Waals surface area contributed by atoms with E-state index in [0.29, 0.717) is 18.3 Å². The Labute approximate surface area is 269 Å². The summed E-state index contributed by atoms with van der Waals surface area (Å²) in [5.41, 5.74) is 13.8. The lowest BCUT2D eigenvalue weighted by atomic mass is 9.45. The molecule has 0 aromatic carbocycles. The SMILES string of the molecule is C=C(CC[C@@H](C)[C@H]1CC=C2C3=C([C@@H](O)[C@H](OC(C)=O)[C@@]21C)C1(C)C[C@@H](OC(=O)CN)[C@H](OC(=O)CN)C(C)(C)[C@@H]1CC3)C(C)C. The highest BCUT2D eigenvalue weighted by Crippen LogP contribution is 2.67. The molecule has 1 unspecified atom stereocenters. The van der Waals surface area contributed by atoms with E-state index in [0.717, 1.165) is 43.3 Å². The second kappa shape index (κ2) is 13.0. The summed E-state index contributed by atoms with van der Waals surface area (Å²) >= 11 is 0. The van der Waals surface area contributed by atoms with Crippen molar-refractivity contribution in [2.24, 2.45) is 51.4 Å². The molecule has 0 radical (unpaired) electrons. The highest BCUT2D eigenvalue weighted by atomic mass is 16.6. The second-order valence-corrected chi connectivity index (χ2v) is 15.3. The van der Waals surface area contributed by atoms with Crippen LogP contribution in [0.25, 0.3) is 0 Å². The van der Waals surface area contributed by atoms with Crippen LogP contribution in [-0.2, 0) is 28.6 Å². The van der Waals surface area contributed by atoms with Crippen molar-refractivity contribution in [3.05, 3.63) is 34.9 Å². The molecule has 0 aromatic heterocycles. The van der Waals surface area contributed by atoms with Crippen molar-refractivity contribution in [2.45, 2.75) is 118 Å². The largest absolute Gasteiger partial charge is 0.458 e. The van der Waals surface area contributed by atoms with Gasteiger partial charge >= 0.3 is 17.9 Å². The van der Waals surface area contributed by atoms with E-state index in [1.165, 1.54) is 18.1 Å². The lowest BCUT2D eigenvalue weighted by Gasteiger charge is -2.62. The second-order valence-electron chi connectivity index (χ2n) is 15.3. The zero-order valence-electron chi connectivity index (χ0n) is 28.6. The van der Waals surface area contributed by atoms with E-state index in [9.17, 15) is 19.5 Å². The van der Waals surface area contributed by atoms with Crippen molar-refractivity contribution in [3.63, 3.8) is 0 Å². The average Bonchev–Trinajstić information content (AvgIpc) is 3.32. The van der Waals surface area contributed by atoms with Crippen LogP contribution in [0.3, 0.4) is 0 Å². The number of hydrogen-bond acceptors (Lipinski definition) is 9. The summed E-state index contributed by atoms with van der Waals surface area (Å²) in [6, 6.07) is 0. The summed E-state index contributed by atoms with van der Waals surface area (Å²) in [4.78, 5) is 37.7. The fraction of sp³-hybridized carbons (Fsp3) is 0.750. The summed E-state index contributed by atoms with van der Waals surface area (Å²) in [5.74, 6) is -0.731. The van der Waals surface area contributed by atoms with E-state index >= 15 is 0 Å². The van der Waals surface area contributed by atoms with Crippen molar-refractivity contribution >= 4 is 17.9 Å². The number of allylic oxidation sites excluding steroid dienone is 3. The van der Waals surface area contributed by atoms with Crippen LogP contribution in [-0.4, -0.2) is 60.5 Å². The van der Waals surface area contributed by atoms with Gasteiger partial charge < -0.3 is 30.8 Å². The van der Waals surface area contributed by atoms with Gasteiger partial charge in [0, 0.05) is 17.8 Å². The maximum Gasteiger partial charge on any atom is 0.320 e. The van der Waals surface area contributed by atoms with E-state index in [4.69, 9.17) is 25.7 Å². The van der Waals surface area contributed by atoms with Gasteiger partial charge in [0.25, 0.3) is 0 Å². The number of rotatable bonds is 10. The zero-order valence-corrected chi connectivity index (χ0v) is 28.6. The van der Waals surface area contributed by atoms with E-state index in [1.54, 1.807) is 0 Å². The number of carbonyl (C=O) groups excluding carboxylic acids is 3. The van der Waals surface area contributed by atoms with Gasteiger partial charge in [-0.15, -0.1) is 0 Å². The Bertz CT molecular complexity index is 1270. The van der Waals surface area contributed by atoms with Gasteiger partial charge in [0.2, 0.25) is 0 Å². The number of nitrogens with two attached hydrogens (primary N) is 2. The molecular formula is C36H56N2O7. The van der Waals surface area contributed by atoms with Gasteiger partial charge in [-0.1, -0.05) is 66.7 Å². The minimum atomic E-state index is -1.05. The molecule has 0 bridgehead atoms. The van der Waals surface area contributed by atoms with Crippen LogP contribution in [0.4, 0.5) is 0 Å². The van der Waals surface area contributed by atoms with Gasteiger partial charge in [-0.2, -0.15) is 0 Å². The fourth-order valence-corrected chi connectivity index (χ4v) is 9.75. The first-order valence-electron chi connectivity index (χ1n) is 16.7. The van der Waals surface area contributed by atoms with E-state index in [-0.39, 0.29) is 24.9 Å². The molecule has 45 heavy (non-hydrogen) atoms. The molecular weight excluding hydrogens is 572 g/mol. The minimum absolute atomic E-state index is 0.0390. The molecule has 9 atom stereocenters. The molecule has 0 aromatic rings. The number of carbonyl (C=O) groups is 3. The smallest absolute Gasteiger partial charge is 0.320 e. The van der Waals surface area contributed by atoms with Crippen LogP contribution < -0.4 is 11.5 Å². The van der Waals surface area contributed by atoms with Crippen LogP contribution >= 0.6 is 0 Å². The number of aliphatic hydroxyl groups excluding tert-OH is 1. The normalized spacial score (nSPS) is 35.9. The van der Waals surface area contributed by atoms with Crippen LogP contribution in [0.5, 0.6) is 0 Å². The van der Waals surface area contributed by atoms with Crippen molar-refractivity contribution in [1.82, 2.24) is 0 Å². The number of fused-ring (bicyclic) bond motifs is 4. The van der Waals surface area contributed by atoms with E-state index in [1.807, 2.05) is 13.8 Å². The third-order valence-electron chi connectivity index (χ3n) is 12.0. The van der Waals surface area contributed by atoms with Gasteiger partial charge in [0.15, 0.2) is 0 Å². The lowest BCUT2D eigenvalue weighted by molar-refractivity contribution is -0.208. The van der Waals surface area contributed by atoms with Crippen LogP contribution in [0.15, 0.2) is 34.9 Å². The first-order chi connectivity index (χ1) is 20.9. The van der Waals surface area contributed by atoms with Crippen molar-refractivity contribution < 1.29 is 33.7 Å². The number of aliphatic hydroxyl groups is 1. The van der Waals surface area contributed by atoms with Crippen LogP contribution in [0.2, 0.25) is 0 Å². The van der Waals surface area contributed by atoms with Gasteiger partial charge in [0.05, 0.1) is 13.1 Å². The molecule has 9 heteroatoms. The van der Waals surface area contributed by atoms with Crippen LogP contribution in [0, 0.1) is 39.9 Å². The molecule has 0 aliphatic heterocycles. The molecule has 9 nitrogen and oxygen atoms in total. The zero-order chi connectivity index (χ0) is 33.6. The first-order valence-corrected chi connectivity index (χ1v) is 16.7. The molecule has 0 spiro atoms. The maximum absolute atomic E-state index is 12.7. The molecule has 1 fully saturated rings. The first kappa shape index (κ1) is 35.4. The molecule has 4 rings (SSSR count). The van der Waals surface area contributed by atoms with Gasteiger partial charge in [-0.25, -0.2) is 0 Å². The Morgan fingerprint density at radius 2 is 1.64 bits per heavy atom. The fourth-order valence-electron chi connectivity index (χ4n) is 9.75. The Hall–Kier alpha value is -2.49. The van der Waals surface area contributed by atoms with Crippen molar-refractivity contribution in [2.75, 3.05) is 13.1 Å². The van der Waals surface area contributed by atoms with E-state index in [2.05, 4.69) is 47.3 Å². The summed E-state index contributed by atoms with van der Waals surface area (Å²) in [7, 11) is 0. The number of ether oxygens (including phenoxy) is 3. The maximum atomic E-state index is 12.7. The number of esters is 3. The third-order valence-corrected chi connectivity index (χ3v) is 12.0. The standard InChI is InChI=1S/C36H56N2O7/c1-19(2)20(3)10-11-21(4)24-13-14-25-23-12-15-27-34(6,7)32(45-29(41)18-38)26(44-28(40)17-37)16-35(27,8)30(23)31(42)33(36(24,25)9)43-22(5)39/h14,19,21,24,26-27,31-33,42H,3,10-13,15-18,37-38H2,1-2,4-9H3/t21-,24-,26-,27+,31-,32+,33+,35?,36-/m1/s1. The van der Waals surface area contributed by atoms with Crippen molar-refractivity contribution in [3.8, 4) is 0 Å². The highest BCUT2D eigenvalue weighted by molar-refractivity contribution is 5.73. The predicted molar refractivity (Wildman–Crippen MR) is 172 cm³/mol. The molecule has 0 amide bonds. The third kappa shape index (κ3) is 6.05. The Balaban J connectivity index is 1.81. The molecule has 0 saturated heterocycles. The summed E-state index contributed by atoms with van der Waals surface area (Å²) in [6.07, 6.45) is 3.53. The van der Waals surface area contributed by atoms with Crippen molar-refractivity contribution in [1.29, 1.82) is 0 Å². The van der Waals surface area contributed by atoms with E-state index < -0.39 is 58.6 Å². The summed E-state index contributed by atoms with van der Waals surface area (Å²) < 4.78 is 17.9. The molecule has 4 aliphatic carbocycles. The monoisotopic (exact) mass is 628 g/mol. The Morgan fingerprint density at radius 1 is 1.02 bits per heavy atom. The van der Waals surface area contributed by atoms with Crippen LogP contribution in [0.1, 0.15) is 93.9 Å². The molecule has 252 valence electrons. The lowest BCUT2D eigenvalue weighted by Crippen LogP contribution is -2.64. The Morgan fingerprint density at radius 3 is 2.22 bits per heavy atom. The molecule has 0 heterocycles. The highest BCUT2D eigenvalue weighted by Gasteiger charge is 2.66. The summed E-state index contributed by atoms with van der Waals surface area (Å²) in [5, 5.41) is 12.4. The van der Waals surface area contributed by atoms with Gasteiger partial charge in [-0.05, 0) is 84.3 Å². The summed E-state index contributed by atoms with van der Waals surface area (Å²) in [6.45, 7) is 20.0. The quantitative estimate of drug-likeness (QED) is 0.177. The van der Waals surface area contributed by atoms with Gasteiger partial charge in [-0.3, -0.25) is 14.4 Å². The molecule has 5 N–H and O–H groups in total. The molecule has 4 aliphatic rings. The van der Waals surface area contributed by atoms with Gasteiger partial charge in [0.1, 0.15) is 24.4 Å². The number of hydrogen-bond donors (Lipinski definition) is 3. The topological polar surface area (TPSA) is 151 Å². The predicted octanol–water partition coefficient (Wildman–Crippen LogP) is 4.76. The molecule has 1 saturated carbocycles. The average molecular weight is 629 g/mol. The Kier molecular flexibility index (Phi) is 10.2. The minimum Gasteiger partial charge on any atom is -0.458 e.